The highest BCUT2D eigenvalue weighted by Gasteiger charge is 2.08. The lowest BCUT2D eigenvalue weighted by atomic mass is 10.1. The van der Waals surface area contributed by atoms with E-state index in [0.29, 0.717) is 5.56 Å². The minimum Gasteiger partial charge on any atom is -0.322 e. The lowest BCUT2D eigenvalue weighted by Gasteiger charge is -2.10. The van der Waals surface area contributed by atoms with Gasteiger partial charge in [0.2, 0.25) is 0 Å². The van der Waals surface area contributed by atoms with Crippen molar-refractivity contribution in [1.82, 2.24) is 0 Å². The van der Waals surface area contributed by atoms with Crippen LogP contribution in [0.25, 0.3) is 0 Å². The lowest BCUT2D eigenvalue weighted by molar-refractivity contribution is 0.102. The van der Waals surface area contributed by atoms with E-state index in [1.54, 1.807) is 12.1 Å². The molecule has 98 valence electrons. The third-order valence-electron chi connectivity index (χ3n) is 2.80. The summed E-state index contributed by atoms with van der Waals surface area (Å²) < 4.78 is 1.98. The van der Waals surface area contributed by atoms with Gasteiger partial charge in [-0.15, -0.1) is 0 Å². The number of carbonyl (C=O) groups is 1. The van der Waals surface area contributed by atoms with Crippen LogP contribution >= 0.6 is 31.9 Å². The monoisotopic (exact) mass is 381 g/mol. The summed E-state index contributed by atoms with van der Waals surface area (Å²) in [6.45, 7) is 2.07. The molecule has 0 radical (unpaired) electrons. The van der Waals surface area contributed by atoms with Gasteiger partial charge in [0.15, 0.2) is 0 Å². The molecule has 0 fully saturated rings. The van der Waals surface area contributed by atoms with Gasteiger partial charge in [0.05, 0.1) is 0 Å². The molecular weight excluding hydrogens is 370 g/mol. The lowest BCUT2D eigenvalue weighted by Crippen LogP contribution is -2.13. The minimum absolute atomic E-state index is 0.0930. The first-order valence-corrected chi connectivity index (χ1v) is 7.54. The molecule has 2 rings (SSSR count). The molecule has 2 nitrogen and oxygen atoms in total. The first-order chi connectivity index (χ1) is 9.10. The molecule has 1 N–H and O–H groups in total. The number of aryl methyl sites for hydroxylation is 1. The SMILES string of the molecule is CCc1cc(Br)ccc1NC(=O)c1ccc(Br)cc1. The molecule has 0 spiro atoms. The van der Waals surface area contributed by atoms with Crippen molar-refractivity contribution < 1.29 is 4.79 Å². The highest BCUT2D eigenvalue weighted by Crippen LogP contribution is 2.22. The molecule has 1 amide bonds. The van der Waals surface area contributed by atoms with E-state index in [1.807, 2.05) is 30.3 Å². The van der Waals surface area contributed by atoms with Crippen LogP contribution in [0.3, 0.4) is 0 Å². The van der Waals surface area contributed by atoms with Crippen molar-refractivity contribution >= 4 is 43.5 Å². The van der Waals surface area contributed by atoms with Crippen LogP contribution in [0, 0.1) is 0 Å². The number of rotatable bonds is 3. The zero-order chi connectivity index (χ0) is 13.8. The van der Waals surface area contributed by atoms with Gasteiger partial charge in [-0.1, -0.05) is 38.8 Å². The van der Waals surface area contributed by atoms with Crippen molar-refractivity contribution in [2.24, 2.45) is 0 Å². The molecule has 0 aromatic heterocycles. The van der Waals surface area contributed by atoms with E-state index >= 15 is 0 Å². The fourth-order valence-corrected chi connectivity index (χ4v) is 2.45. The second-order valence-corrected chi connectivity index (χ2v) is 5.95. The summed E-state index contributed by atoms with van der Waals surface area (Å²) >= 11 is 6.79. The van der Waals surface area contributed by atoms with Crippen molar-refractivity contribution in [2.75, 3.05) is 5.32 Å². The second kappa shape index (κ2) is 6.35. The summed E-state index contributed by atoms with van der Waals surface area (Å²) in [5.74, 6) is -0.0930. The maximum atomic E-state index is 12.1. The van der Waals surface area contributed by atoms with Crippen LogP contribution in [-0.4, -0.2) is 5.91 Å². The predicted molar refractivity (Wildman–Crippen MR) is 85.6 cm³/mol. The highest BCUT2D eigenvalue weighted by atomic mass is 79.9. The van der Waals surface area contributed by atoms with Gasteiger partial charge in [-0.2, -0.15) is 0 Å². The van der Waals surface area contributed by atoms with Crippen molar-refractivity contribution in [2.45, 2.75) is 13.3 Å². The number of anilines is 1. The Kier molecular flexibility index (Phi) is 4.77. The number of hydrogen-bond acceptors (Lipinski definition) is 1. The molecule has 0 aliphatic rings. The summed E-state index contributed by atoms with van der Waals surface area (Å²) in [6.07, 6.45) is 0.870. The topological polar surface area (TPSA) is 29.1 Å². The molecule has 0 unspecified atom stereocenters. The fraction of sp³-hybridized carbons (Fsp3) is 0.133. The van der Waals surface area contributed by atoms with Crippen molar-refractivity contribution in [3.63, 3.8) is 0 Å². The average Bonchev–Trinajstić information content (AvgIpc) is 2.41. The van der Waals surface area contributed by atoms with Crippen molar-refractivity contribution in [3.8, 4) is 0 Å². The van der Waals surface area contributed by atoms with Gasteiger partial charge in [-0.25, -0.2) is 0 Å². The molecule has 19 heavy (non-hydrogen) atoms. The number of halogens is 2. The van der Waals surface area contributed by atoms with E-state index in [0.717, 1.165) is 26.6 Å². The van der Waals surface area contributed by atoms with Gasteiger partial charge >= 0.3 is 0 Å². The van der Waals surface area contributed by atoms with Crippen LogP contribution in [0.5, 0.6) is 0 Å². The van der Waals surface area contributed by atoms with Crippen LogP contribution in [-0.2, 0) is 6.42 Å². The van der Waals surface area contributed by atoms with Crippen LogP contribution in [0.1, 0.15) is 22.8 Å². The molecule has 0 bridgehead atoms. The zero-order valence-electron chi connectivity index (χ0n) is 10.4. The van der Waals surface area contributed by atoms with E-state index in [9.17, 15) is 4.79 Å². The first kappa shape index (κ1) is 14.3. The molecule has 4 heteroatoms. The van der Waals surface area contributed by atoms with E-state index in [4.69, 9.17) is 0 Å². The van der Waals surface area contributed by atoms with Crippen LogP contribution < -0.4 is 5.32 Å². The van der Waals surface area contributed by atoms with Gasteiger partial charge in [0.1, 0.15) is 0 Å². The summed E-state index contributed by atoms with van der Waals surface area (Å²) in [7, 11) is 0. The molecule has 0 saturated carbocycles. The third-order valence-corrected chi connectivity index (χ3v) is 3.82. The Morgan fingerprint density at radius 3 is 2.32 bits per heavy atom. The smallest absolute Gasteiger partial charge is 0.255 e. The quantitative estimate of drug-likeness (QED) is 0.792. The van der Waals surface area contributed by atoms with E-state index in [1.165, 1.54) is 0 Å². The van der Waals surface area contributed by atoms with Gasteiger partial charge < -0.3 is 5.32 Å². The largest absolute Gasteiger partial charge is 0.322 e. The summed E-state index contributed by atoms with van der Waals surface area (Å²) in [5, 5.41) is 2.95. The van der Waals surface area contributed by atoms with E-state index < -0.39 is 0 Å². The Morgan fingerprint density at radius 2 is 1.68 bits per heavy atom. The average molecular weight is 383 g/mol. The number of nitrogens with one attached hydrogen (secondary N) is 1. The fourth-order valence-electron chi connectivity index (χ4n) is 1.77. The van der Waals surface area contributed by atoms with Gasteiger partial charge in [-0.3, -0.25) is 4.79 Å². The number of benzene rings is 2. The van der Waals surface area contributed by atoms with Gasteiger partial charge in [-0.05, 0) is 54.4 Å². The molecule has 0 saturated heterocycles. The van der Waals surface area contributed by atoms with E-state index in [-0.39, 0.29) is 5.91 Å². The maximum absolute atomic E-state index is 12.1. The summed E-state index contributed by atoms with van der Waals surface area (Å²) in [4.78, 5) is 12.1. The molecule has 0 aliphatic heterocycles. The minimum atomic E-state index is -0.0930. The molecular formula is C15H13Br2NO. The number of hydrogen-bond donors (Lipinski definition) is 1. The number of carbonyl (C=O) groups excluding carboxylic acids is 1. The van der Waals surface area contributed by atoms with E-state index in [2.05, 4.69) is 44.1 Å². The van der Waals surface area contributed by atoms with Crippen LogP contribution in [0.15, 0.2) is 51.4 Å². The first-order valence-electron chi connectivity index (χ1n) is 5.95. The van der Waals surface area contributed by atoms with Crippen LogP contribution in [0.4, 0.5) is 5.69 Å². The van der Waals surface area contributed by atoms with Crippen molar-refractivity contribution in [1.29, 1.82) is 0 Å². The second-order valence-electron chi connectivity index (χ2n) is 4.12. The summed E-state index contributed by atoms with van der Waals surface area (Å²) in [6, 6.07) is 13.2. The molecule has 0 atom stereocenters. The van der Waals surface area contributed by atoms with Gasteiger partial charge in [0.25, 0.3) is 5.91 Å². The Morgan fingerprint density at radius 1 is 1.05 bits per heavy atom. The Labute approximate surface area is 129 Å². The van der Waals surface area contributed by atoms with Crippen LogP contribution in [0.2, 0.25) is 0 Å². The Bertz CT molecular complexity index is 594. The van der Waals surface area contributed by atoms with Gasteiger partial charge in [0, 0.05) is 20.2 Å². The Balaban J connectivity index is 2.21. The highest BCUT2D eigenvalue weighted by molar-refractivity contribution is 9.10. The molecule has 0 aliphatic carbocycles. The summed E-state index contributed by atoms with van der Waals surface area (Å²) in [5.41, 5.74) is 2.62. The zero-order valence-corrected chi connectivity index (χ0v) is 13.6. The molecule has 2 aromatic carbocycles. The molecule has 0 heterocycles. The maximum Gasteiger partial charge on any atom is 0.255 e. The van der Waals surface area contributed by atoms with Crippen molar-refractivity contribution in [3.05, 3.63) is 62.5 Å². The Hall–Kier alpha value is -1.13. The number of amides is 1. The third kappa shape index (κ3) is 3.67. The standard InChI is InChI=1S/C15H13Br2NO/c1-2-10-9-13(17)7-8-14(10)18-15(19)11-3-5-12(16)6-4-11/h3-9H,2H2,1H3,(H,18,19). The normalized spacial score (nSPS) is 10.3. The predicted octanol–water partition coefficient (Wildman–Crippen LogP) is 5.03. The molecule has 2 aromatic rings.